The number of thioether (sulfide) groups is 1. The summed E-state index contributed by atoms with van der Waals surface area (Å²) in [4.78, 5) is 24.3. The molecule has 0 bridgehead atoms. The van der Waals surface area contributed by atoms with Gasteiger partial charge in [-0.1, -0.05) is 60.9 Å². The molecular formula is C24H27Cl2N5O4S2. The average molecular weight is 585 g/mol. The number of carbonyl (C=O) groups excluding carboxylic acids is 2. The number of halogens is 2. The van der Waals surface area contributed by atoms with Crippen molar-refractivity contribution in [2.24, 2.45) is 0 Å². The van der Waals surface area contributed by atoms with Gasteiger partial charge in [-0.3, -0.25) is 14.2 Å². The van der Waals surface area contributed by atoms with E-state index in [0.29, 0.717) is 58.3 Å². The predicted octanol–water partition coefficient (Wildman–Crippen LogP) is 4.26. The first kappa shape index (κ1) is 29.1. The highest BCUT2D eigenvalue weighted by Gasteiger charge is 2.22. The Kier molecular flexibility index (Phi) is 10.1. The quantitative estimate of drug-likeness (QED) is 0.250. The van der Waals surface area contributed by atoms with Gasteiger partial charge in [0.1, 0.15) is 5.82 Å². The summed E-state index contributed by atoms with van der Waals surface area (Å²) in [6.45, 7) is 6.07. The van der Waals surface area contributed by atoms with Gasteiger partial charge < -0.3 is 5.32 Å². The Hall–Kier alpha value is -2.44. The molecule has 198 valence electrons. The fourth-order valence-corrected chi connectivity index (χ4v) is 6.14. The molecule has 1 heterocycles. The average Bonchev–Trinajstić information content (AvgIpc) is 3.27. The molecule has 0 unspecified atom stereocenters. The molecule has 37 heavy (non-hydrogen) atoms. The summed E-state index contributed by atoms with van der Waals surface area (Å²) in [7, 11) is -3.60. The Morgan fingerprint density at radius 3 is 2.30 bits per heavy atom. The minimum absolute atomic E-state index is 0.0489. The van der Waals surface area contributed by atoms with Crippen LogP contribution < -0.4 is 5.32 Å². The highest BCUT2D eigenvalue weighted by atomic mass is 35.5. The zero-order valence-electron chi connectivity index (χ0n) is 20.6. The Morgan fingerprint density at radius 2 is 1.70 bits per heavy atom. The van der Waals surface area contributed by atoms with Crippen LogP contribution in [0.2, 0.25) is 10.0 Å². The van der Waals surface area contributed by atoms with E-state index in [9.17, 15) is 18.0 Å². The number of benzene rings is 2. The van der Waals surface area contributed by atoms with Gasteiger partial charge in [0.2, 0.25) is 15.9 Å². The minimum atomic E-state index is -3.60. The van der Waals surface area contributed by atoms with Crippen molar-refractivity contribution in [3.8, 4) is 5.69 Å². The third-order valence-electron chi connectivity index (χ3n) is 5.44. The van der Waals surface area contributed by atoms with Crippen LogP contribution in [0.15, 0.2) is 52.5 Å². The lowest BCUT2D eigenvalue weighted by molar-refractivity contribution is -0.118. The monoisotopic (exact) mass is 583 g/mol. The molecule has 1 aromatic heterocycles. The van der Waals surface area contributed by atoms with Gasteiger partial charge in [0.05, 0.1) is 26.4 Å². The highest BCUT2D eigenvalue weighted by Crippen LogP contribution is 2.29. The second-order valence-electron chi connectivity index (χ2n) is 7.89. The van der Waals surface area contributed by atoms with Crippen molar-refractivity contribution < 1.29 is 18.0 Å². The van der Waals surface area contributed by atoms with E-state index in [1.807, 2.05) is 0 Å². The summed E-state index contributed by atoms with van der Waals surface area (Å²) < 4.78 is 28.5. The molecule has 2 aromatic carbocycles. The van der Waals surface area contributed by atoms with Crippen molar-refractivity contribution in [2.45, 2.75) is 37.2 Å². The molecule has 13 heteroatoms. The van der Waals surface area contributed by atoms with E-state index < -0.39 is 10.0 Å². The van der Waals surface area contributed by atoms with E-state index in [2.05, 4.69) is 15.5 Å². The molecule has 9 nitrogen and oxygen atoms in total. The zero-order valence-corrected chi connectivity index (χ0v) is 23.7. The number of ketones is 1. The molecule has 1 amide bonds. The molecular weight excluding hydrogens is 557 g/mol. The number of rotatable bonds is 12. The summed E-state index contributed by atoms with van der Waals surface area (Å²) in [5, 5.41) is 12.4. The van der Waals surface area contributed by atoms with Gasteiger partial charge in [-0.25, -0.2) is 8.42 Å². The molecule has 0 spiro atoms. The van der Waals surface area contributed by atoms with Gasteiger partial charge in [-0.2, -0.15) is 4.31 Å². The lowest BCUT2D eigenvalue weighted by Crippen LogP contribution is -2.30. The zero-order chi connectivity index (χ0) is 27.2. The summed E-state index contributed by atoms with van der Waals surface area (Å²) in [5.74, 6) is 0.276. The van der Waals surface area contributed by atoms with E-state index in [1.165, 1.54) is 47.3 Å². The van der Waals surface area contributed by atoms with Crippen LogP contribution in [0.25, 0.3) is 5.69 Å². The summed E-state index contributed by atoms with van der Waals surface area (Å²) in [5.41, 5.74) is 1.05. The molecule has 0 radical (unpaired) electrons. The standard InChI is InChI=1S/C24H27Cl2N5O4S2/c1-4-30(5-2)37(34,35)19-9-6-17(7-10-19)22(33)15-36-24-29-28-23(12-13-27-16(3)32)31(24)18-8-11-20(25)21(26)14-18/h6-11,14H,4-5,12-13,15H2,1-3H3,(H,27,32). The molecule has 0 aliphatic carbocycles. The van der Waals surface area contributed by atoms with Gasteiger partial charge in [-0.05, 0) is 30.3 Å². The fraction of sp³-hybridized carbons (Fsp3) is 0.333. The third kappa shape index (κ3) is 7.11. The number of amides is 1. The van der Waals surface area contributed by atoms with Crippen LogP contribution in [-0.4, -0.2) is 64.6 Å². The van der Waals surface area contributed by atoms with E-state index in [0.717, 1.165) is 0 Å². The summed E-state index contributed by atoms with van der Waals surface area (Å²) in [6.07, 6.45) is 0.407. The topological polar surface area (TPSA) is 114 Å². The number of hydrogen-bond donors (Lipinski definition) is 1. The largest absolute Gasteiger partial charge is 0.356 e. The number of aromatic nitrogens is 3. The first-order valence-electron chi connectivity index (χ1n) is 11.5. The van der Waals surface area contributed by atoms with Crippen LogP contribution in [0.1, 0.15) is 37.0 Å². The summed E-state index contributed by atoms with van der Waals surface area (Å²) >= 11 is 13.5. The van der Waals surface area contributed by atoms with E-state index in [-0.39, 0.29) is 22.3 Å². The van der Waals surface area contributed by atoms with Crippen LogP contribution >= 0.6 is 35.0 Å². The van der Waals surface area contributed by atoms with Crippen LogP contribution in [0.4, 0.5) is 0 Å². The van der Waals surface area contributed by atoms with Crippen molar-refractivity contribution in [1.82, 2.24) is 24.4 Å². The maximum atomic E-state index is 12.9. The number of hydrogen-bond acceptors (Lipinski definition) is 7. The van der Waals surface area contributed by atoms with Crippen molar-refractivity contribution >= 4 is 56.7 Å². The molecule has 0 saturated carbocycles. The number of nitrogens with one attached hydrogen (secondary N) is 1. The smallest absolute Gasteiger partial charge is 0.243 e. The van der Waals surface area contributed by atoms with Crippen LogP contribution in [0, 0.1) is 0 Å². The highest BCUT2D eigenvalue weighted by molar-refractivity contribution is 7.99. The maximum Gasteiger partial charge on any atom is 0.243 e. The normalized spacial score (nSPS) is 11.6. The Bertz CT molecular complexity index is 1370. The van der Waals surface area contributed by atoms with Gasteiger partial charge >= 0.3 is 0 Å². The first-order chi connectivity index (χ1) is 17.6. The Morgan fingerprint density at radius 1 is 1.03 bits per heavy atom. The van der Waals surface area contributed by atoms with Gasteiger partial charge in [0.15, 0.2) is 10.9 Å². The van der Waals surface area contributed by atoms with Crippen LogP contribution in [0.3, 0.4) is 0 Å². The summed E-state index contributed by atoms with van der Waals surface area (Å²) in [6, 6.07) is 11.0. The molecule has 3 aromatic rings. The number of nitrogens with zero attached hydrogens (tertiary/aromatic N) is 4. The van der Waals surface area contributed by atoms with Crippen molar-refractivity contribution in [3.05, 3.63) is 63.9 Å². The number of sulfonamides is 1. The van der Waals surface area contributed by atoms with Crippen molar-refractivity contribution in [2.75, 3.05) is 25.4 Å². The van der Waals surface area contributed by atoms with Gasteiger partial charge in [-0.15, -0.1) is 10.2 Å². The Labute approximate surface area is 230 Å². The van der Waals surface area contributed by atoms with Crippen molar-refractivity contribution in [1.29, 1.82) is 0 Å². The third-order valence-corrected chi connectivity index (χ3v) is 9.17. The second kappa shape index (κ2) is 12.9. The number of carbonyl (C=O) groups is 2. The fourth-order valence-electron chi connectivity index (χ4n) is 3.53. The van der Waals surface area contributed by atoms with Crippen molar-refractivity contribution in [3.63, 3.8) is 0 Å². The molecule has 0 fully saturated rings. The second-order valence-corrected chi connectivity index (χ2v) is 11.6. The maximum absolute atomic E-state index is 12.9. The lowest BCUT2D eigenvalue weighted by atomic mass is 10.1. The van der Waals surface area contributed by atoms with Crippen LogP contribution in [0.5, 0.6) is 0 Å². The SMILES string of the molecule is CCN(CC)S(=O)(=O)c1ccc(C(=O)CSc2nnc(CCNC(C)=O)n2-c2ccc(Cl)c(Cl)c2)cc1. The molecule has 0 aliphatic heterocycles. The van der Waals surface area contributed by atoms with Crippen LogP contribution in [-0.2, 0) is 21.2 Å². The Balaban J connectivity index is 1.80. The first-order valence-corrected chi connectivity index (χ1v) is 14.7. The molecule has 0 saturated heterocycles. The minimum Gasteiger partial charge on any atom is -0.356 e. The van der Waals surface area contributed by atoms with Gasteiger partial charge in [0.25, 0.3) is 0 Å². The van der Waals surface area contributed by atoms with E-state index in [1.54, 1.807) is 36.6 Å². The number of Topliss-reactive ketones (excluding diaryl/α,β-unsaturated/α-hetero) is 1. The van der Waals surface area contributed by atoms with Gasteiger partial charge in [0, 0.05) is 38.5 Å². The molecule has 0 atom stereocenters. The predicted molar refractivity (Wildman–Crippen MR) is 145 cm³/mol. The molecule has 0 aliphatic rings. The molecule has 3 rings (SSSR count). The lowest BCUT2D eigenvalue weighted by Gasteiger charge is -2.18. The molecule has 1 N–H and O–H groups in total. The van der Waals surface area contributed by atoms with E-state index >= 15 is 0 Å². The van der Waals surface area contributed by atoms with E-state index in [4.69, 9.17) is 23.2 Å².